The van der Waals surface area contributed by atoms with Crippen LogP contribution in [0, 0.1) is 5.82 Å². The molecule has 5 nitrogen and oxygen atoms in total. The Morgan fingerprint density at radius 3 is 2.42 bits per heavy atom. The van der Waals surface area contributed by atoms with Gasteiger partial charge in [-0.3, -0.25) is 9.59 Å². The summed E-state index contributed by atoms with van der Waals surface area (Å²) in [5.74, 6) is -2.50. The highest BCUT2D eigenvalue weighted by Crippen LogP contribution is 2.39. The second-order valence-corrected chi connectivity index (χ2v) is 5.87. The molecule has 0 radical (unpaired) electrons. The predicted molar refractivity (Wildman–Crippen MR) is 93.7 cm³/mol. The maximum atomic E-state index is 14.4. The smallest absolute Gasteiger partial charge is 0.295 e. The molecule has 0 unspecified atom stereocenters. The van der Waals surface area contributed by atoms with Crippen LogP contribution >= 0.6 is 0 Å². The third kappa shape index (κ3) is 3.11. The van der Waals surface area contributed by atoms with Crippen LogP contribution in [0.1, 0.15) is 17.2 Å². The maximum Gasteiger partial charge on any atom is 0.295 e. The Morgan fingerprint density at radius 2 is 1.77 bits per heavy atom. The second kappa shape index (κ2) is 7.49. The molecule has 6 heteroatoms. The van der Waals surface area contributed by atoms with Crippen LogP contribution in [0.15, 0.2) is 60.2 Å². The fraction of sp³-hybridized carbons (Fsp3) is 0.200. The molecule has 1 N–H and O–H groups in total. The molecular formula is C20H18FNO4. The molecule has 0 aromatic heterocycles. The van der Waals surface area contributed by atoms with E-state index >= 15 is 0 Å². The summed E-state index contributed by atoms with van der Waals surface area (Å²) < 4.78 is 19.5. The number of carbonyl (C=O) groups excluding carboxylic acids is 2. The highest BCUT2D eigenvalue weighted by atomic mass is 19.1. The van der Waals surface area contributed by atoms with Gasteiger partial charge in [-0.15, -0.1) is 0 Å². The Balaban J connectivity index is 2.19. The van der Waals surface area contributed by atoms with E-state index in [1.165, 1.54) is 30.2 Å². The van der Waals surface area contributed by atoms with E-state index in [4.69, 9.17) is 4.74 Å². The Labute approximate surface area is 150 Å². The molecule has 2 aromatic rings. The zero-order valence-electron chi connectivity index (χ0n) is 14.2. The van der Waals surface area contributed by atoms with Crippen molar-refractivity contribution >= 4 is 17.4 Å². The lowest BCUT2D eigenvalue weighted by Gasteiger charge is -2.25. The van der Waals surface area contributed by atoms with Gasteiger partial charge in [0.25, 0.3) is 11.7 Å². The second-order valence-electron chi connectivity index (χ2n) is 5.87. The first-order valence-corrected chi connectivity index (χ1v) is 8.13. The number of carbonyl (C=O) groups is 2. The van der Waals surface area contributed by atoms with Crippen molar-refractivity contribution in [1.82, 2.24) is 4.90 Å². The van der Waals surface area contributed by atoms with Crippen molar-refractivity contribution in [2.45, 2.75) is 6.04 Å². The number of benzene rings is 2. The molecule has 134 valence electrons. The van der Waals surface area contributed by atoms with Gasteiger partial charge in [0.1, 0.15) is 11.6 Å². The normalized spacial score (nSPS) is 19.2. The van der Waals surface area contributed by atoms with E-state index in [0.717, 1.165) is 0 Å². The highest BCUT2D eigenvalue weighted by molar-refractivity contribution is 6.46. The van der Waals surface area contributed by atoms with Crippen molar-refractivity contribution in [2.75, 3.05) is 20.3 Å². The lowest BCUT2D eigenvalue weighted by molar-refractivity contribution is -0.140. The Hall–Kier alpha value is -2.99. The summed E-state index contributed by atoms with van der Waals surface area (Å²) in [6.07, 6.45) is 0. The van der Waals surface area contributed by atoms with E-state index in [2.05, 4.69) is 0 Å². The molecule has 1 atom stereocenters. The minimum atomic E-state index is -1.01. The third-order valence-corrected chi connectivity index (χ3v) is 4.32. The van der Waals surface area contributed by atoms with Crippen LogP contribution in [0.5, 0.6) is 0 Å². The Kier molecular flexibility index (Phi) is 5.14. The van der Waals surface area contributed by atoms with Gasteiger partial charge in [-0.05, 0) is 6.07 Å². The predicted octanol–water partition coefficient (Wildman–Crippen LogP) is 2.89. The number of ether oxygens (including phenoxy) is 1. The molecular weight excluding hydrogens is 337 g/mol. The molecule has 0 saturated carbocycles. The van der Waals surface area contributed by atoms with E-state index in [9.17, 15) is 19.1 Å². The van der Waals surface area contributed by atoms with Crippen LogP contribution in [-0.4, -0.2) is 42.0 Å². The molecule has 3 rings (SSSR count). The summed E-state index contributed by atoms with van der Waals surface area (Å²) in [5, 5.41) is 10.7. The monoisotopic (exact) mass is 355 g/mol. The van der Waals surface area contributed by atoms with Gasteiger partial charge < -0.3 is 14.7 Å². The number of halogens is 1. The minimum Gasteiger partial charge on any atom is -0.507 e. The van der Waals surface area contributed by atoms with Crippen LogP contribution in [0.25, 0.3) is 5.76 Å². The number of hydrogen-bond donors (Lipinski definition) is 1. The molecule has 0 spiro atoms. The topological polar surface area (TPSA) is 66.8 Å². The summed E-state index contributed by atoms with van der Waals surface area (Å²) in [5.41, 5.74) is 0.418. The van der Waals surface area contributed by atoms with Crippen molar-refractivity contribution in [3.8, 4) is 0 Å². The Morgan fingerprint density at radius 1 is 1.12 bits per heavy atom. The van der Waals surface area contributed by atoms with Crippen LogP contribution in [0.3, 0.4) is 0 Å². The summed E-state index contributed by atoms with van der Waals surface area (Å²) in [4.78, 5) is 26.4. The van der Waals surface area contributed by atoms with Crippen molar-refractivity contribution in [3.05, 3.63) is 77.1 Å². The van der Waals surface area contributed by atoms with Gasteiger partial charge in [0, 0.05) is 24.8 Å². The number of methoxy groups -OCH3 is 1. The van der Waals surface area contributed by atoms with Gasteiger partial charge in [0.05, 0.1) is 18.2 Å². The third-order valence-electron chi connectivity index (χ3n) is 4.32. The first-order valence-electron chi connectivity index (χ1n) is 8.13. The van der Waals surface area contributed by atoms with E-state index in [0.29, 0.717) is 5.56 Å². The molecule has 1 aliphatic rings. The lowest BCUT2D eigenvalue weighted by atomic mass is 9.95. The molecule has 26 heavy (non-hydrogen) atoms. The van der Waals surface area contributed by atoms with Crippen molar-refractivity contribution in [2.24, 2.45) is 0 Å². The molecule has 0 bridgehead atoms. The number of rotatable bonds is 5. The summed E-state index contributed by atoms with van der Waals surface area (Å²) >= 11 is 0. The number of amides is 1. The van der Waals surface area contributed by atoms with Crippen LogP contribution in [0.4, 0.5) is 4.39 Å². The Bertz CT molecular complexity index is 863. The zero-order valence-corrected chi connectivity index (χ0v) is 14.2. The van der Waals surface area contributed by atoms with E-state index < -0.39 is 23.5 Å². The molecule has 1 fully saturated rings. The number of likely N-dealkylation sites (tertiary alicyclic amines) is 1. The van der Waals surface area contributed by atoms with Crippen LogP contribution in [0.2, 0.25) is 0 Å². The van der Waals surface area contributed by atoms with Gasteiger partial charge in [-0.25, -0.2) is 4.39 Å². The maximum absolute atomic E-state index is 14.4. The number of hydrogen-bond acceptors (Lipinski definition) is 4. The quantitative estimate of drug-likeness (QED) is 0.509. The minimum absolute atomic E-state index is 0.103. The molecule has 1 saturated heterocycles. The molecule has 1 aliphatic heterocycles. The van der Waals surface area contributed by atoms with Gasteiger partial charge in [-0.1, -0.05) is 48.5 Å². The van der Waals surface area contributed by atoms with Crippen LogP contribution < -0.4 is 0 Å². The van der Waals surface area contributed by atoms with E-state index in [1.807, 2.05) is 0 Å². The summed E-state index contributed by atoms with van der Waals surface area (Å²) in [6.45, 7) is 0.287. The van der Waals surface area contributed by atoms with Crippen molar-refractivity contribution < 1.29 is 23.8 Å². The first-order chi connectivity index (χ1) is 12.6. The molecule has 1 amide bonds. The number of Topliss-reactive ketones (excluding diaryl/α,β-unsaturated/α-hetero) is 1. The number of ketones is 1. The lowest BCUT2D eigenvalue weighted by Crippen LogP contribution is -2.33. The average molecular weight is 355 g/mol. The standard InChI is InChI=1S/C20H18FNO4/c1-26-12-11-22-17(14-9-5-6-10-15(14)21)16(19(24)20(22)25)18(23)13-7-3-2-4-8-13/h2-10,17,23H,11-12H2,1H3/t17-/m0/s1. The average Bonchev–Trinajstić information content (AvgIpc) is 2.91. The van der Waals surface area contributed by atoms with Gasteiger partial charge in [-0.2, -0.15) is 0 Å². The molecule has 2 aromatic carbocycles. The first kappa shape index (κ1) is 17.8. The van der Waals surface area contributed by atoms with Crippen molar-refractivity contribution in [3.63, 3.8) is 0 Å². The highest BCUT2D eigenvalue weighted by Gasteiger charge is 2.46. The SMILES string of the molecule is COCCN1C(=O)C(=O)C(=C(O)c2ccccc2)[C@@H]1c1ccccc1F. The van der Waals surface area contributed by atoms with Crippen LogP contribution in [-0.2, 0) is 14.3 Å². The van der Waals surface area contributed by atoms with Gasteiger partial charge in [0.15, 0.2) is 0 Å². The summed E-state index contributed by atoms with van der Waals surface area (Å²) in [7, 11) is 1.47. The fourth-order valence-electron chi connectivity index (χ4n) is 3.07. The molecule has 0 aliphatic carbocycles. The van der Waals surface area contributed by atoms with E-state index in [-0.39, 0.29) is 30.0 Å². The number of aliphatic hydroxyl groups excluding tert-OH is 1. The number of aliphatic hydroxyl groups is 1. The molecule has 1 heterocycles. The van der Waals surface area contributed by atoms with Gasteiger partial charge >= 0.3 is 0 Å². The fourth-order valence-corrected chi connectivity index (χ4v) is 3.07. The largest absolute Gasteiger partial charge is 0.507 e. The summed E-state index contributed by atoms with van der Waals surface area (Å²) in [6, 6.07) is 13.3. The van der Waals surface area contributed by atoms with E-state index in [1.54, 1.807) is 36.4 Å². The zero-order chi connectivity index (χ0) is 18.7. The van der Waals surface area contributed by atoms with Gasteiger partial charge in [0.2, 0.25) is 0 Å². The number of nitrogens with zero attached hydrogens (tertiary/aromatic N) is 1. The van der Waals surface area contributed by atoms with Crippen molar-refractivity contribution in [1.29, 1.82) is 0 Å².